The summed E-state index contributed by atoms with van der Waals surface area (Å²) < 4.78 is 1.95. The lowest BCUT2D eigenvalue weighted by molar-refractivity contribution is -0.135. The van der Waals surface area contributed by atoms with Crippen LogP contribution in [0.2, 0.25) is 0 Å². The van der Waals surface area contributed by atoms with Crippen LogP contribution in [0.15, 0.2) is 24.3 Å². The highest BCUT2D eigenvalue weighted by atomic mass is 16.3. The van der Waals surface area contributed by atoms with Crippen molar-refractivity contribution in [3.63, 3.8) is 0 Å². The fourth-order valence-electron chi connectivity index (χ4n) is 3.29. The molecule has 2 aromatic rings. The Bertz CT molecular complexity index is 665. The summed E-state index contributed by atoms with van der Waals surface area (Å²) in [6.45, 7) is 3.32. The standard InChI is InChI=1S/C17H23N3O2/c1-13-6-4-5-10-19(13)17(22)12-20-15-8-3-2-7-14(15)18-16(20)9-11-21/h2-3,7-8,13,21H,4-6,9-12H2,1H3. The van der Waals surface area contributed by atoms with Crippen molar-refractivity contribution < 1.29 is 9.90 Å². The van der Waals surface area contributed by atoms with Crippen LogP contribution in [0, 0.1) is 0 Å². The van der Waals surface area contributed by atoms with Crippen molar-refractivity contribution in [3.05, 3.63) is 30.1 Å². The first-order valence-corrected chi connectivity index (χ1v) is 8.05. The number of hydrogen-bond donors (Lipinski definition) is 1. The molecule has 118 valence electrons. The molecule has 1 aliphatic rings. The summed E-state index contributed by atoms with van der Waals surface area (Å²) in [6, 6.07) is 8.14. The summed E-state index contributed by atoms with van der Waals surface area (Å²) in [7, 11) is 0. The Morgan fingerprint density at radius 3 is 2.95 bits per heavy atom. The molecule has 2 heterocycles. The monoisotopic (exact) mass is 301 g/mol. The normalized spacial score (nSPS) is 18.8. The van der Waals surface area contributed by atoms with Crippen LogP contribution in [-0.4, -0.2) is 44.7 Å². The van der Waals surface area contributed by atoms with Gasteiger partial charge < -0.3 is 14.6 Å². The third-order valence-electron chi connectivity index (χ3n) is 4.49. The maximum absolute atomic E-state index is 12.7. The van der Waals surface area contributed by atoms with Gasteiger partial charge in [0.1, 0.15) is 12.4 Å². The number of fused-ring (bicyclic) bond motifs is 1. The summed E-state index contributed by atoms with van der Waals surface area (Å²) >= 11 is 0. The summed E-state index contributed by atoms with van der Waals surface area (Å²) in [4.78, 5) is 19.2. The quantitative estimate of drug-likeness (QED) is 0.939. The van der Waals surface area contributed by atoms with Crippen molar-refractivity contribution in [2.75, 3.05) is 13.2 Å². The summed E-state index contributed by atoms with van der Waals surface area (Å²) in [5, 5.41) is 9.25. The number of aliphatic hydroxyl groups excluding tert-OH is 1. The Labute approximate surface area is 130 Å². The van der Waals surface area contributed by atoms with E-state index >= 15 is 0 Å². The number of piperidine rings is 1. The number of hydrogen-bond acceptors (Lipinski definition) is 3. The fraction of sp³-hybridized carbons (Fsp3) is 0.529. The van der Waals surface area contributed by atoms with Crippen molar-refractivity contribution in [2.45, 2.75) is 45.2 Å². The fourth-order valence-corrected chi connectivity index (χ4v) is 3.29. The van der Waals surface area contributed by atoms with Crippen LogP contribution in [0.4, 0.5) is 0 Å². The molecule has 1 saturated heterocycles. The zero-order chi connectivity index (χ0) is 15.5. The van der Waals surface area contributed by atoms with E-state index in [0.717, 1.165) is 36.2 Å². The lowest BCUT2D eigenvalue weighted by Crippen LogP contribution is -2.43. The molecule has 0 bridgehead atoms. The van der Waals surface area contributed by atoms with Crippen LogP contribution in [0.25, 0.3) is 11.0 Å². The highest BCUT2D eigenvalue weighted by molar-refractivity contribution is 5.81. The Hall–Kier alpha value is -1.88. The molecule has 1 fully saturated rings. The Balaban J connectivity index is 1.88. The molecule has 1 aliphatic heterocycles. The molecule has 0 aliphatic carbocycles. The van der Waals surface area contributed by atoms with Gasteiger partial charge in [-0.05, 0) is 38.3 Å². The van der Waals surface area contributed by atoms with E-state index in [9.17, 15) is 9.90 Å². The maximum atomic E-state index is 12.7. The SMILES string of the molecule is CC1CCCCN1C(=O)Cn1c(CCO)nc2ccccc21. The second-order valence-corrected chi connectivity index (χ2v) is 6.01. The van der Waals surface area contributed by atoms with Crippen molar-refractivity contribution >= 4 is 16.9 Å². The molecule has 1 aromatic heterocycles. The number of aliphatic hydroxyl groups is 1. The largest absolute Gasteiger partial charge is 0.396 e. The van der Waals surface area contributed by atoms with Crippen molar-refractivity contribution in [1.29, 1.82) is 0 Å². The molecule has 5 heteroatoms. The van der Waals surface area contributed by atoms with Gasteiger partial charge in [-0.3, -0.25) is 4.79 Å². The Kier molecular flexibility index (Phi) is 4.43. The second-order valence-electron chi connectivity index (χ2n) is 6.01. The number of para-hydroxylation sites is 2. The molecular formula is C17H23N3O2. The van der Waals surface area contributed by atoms with Gasteiger partial charge in [0, 0.05) is 19.0 Å². The number of rotatable bonds is 4. The number of amides is 1. The average molecular weight is 301 g/mol. The molecule has 1 unspecified atom stereocenters. The number of nitrogens with zero attached hydrogens (tertiary/aromatic N) is 3. The van der Waals surface area contributed by atoms with Crippen LogP contribution >= 0.6 is 0 Å². The third-order valence-corrected chi connectivity index (χ3v) is 4.49. The first-order chi connectivity index (χ1) is 10.7. The molecule has 1 amide bonds. The van der Waals surface area contributed by atoms with Crippen LogP contribution in [0.3, 0.4) is 0 Å². The number of carbonyl (C=O) groups is 1. The van der Waals surface area contributed by atoms with Crippen molar-refractivity contribution in [1.82, 2.24) is 14.5 Å². The van der Waals surface area contributed by atoms with Gasteiger partial charge in [-0.25, -0.2) is 4.98 Å². The molecule has 1 N–H and O–H groups in total. The number of imidazole rings is 1. The van der Waals surface area contributed by atoms with Crippen LogP contribution in [0.5, 0.6) is 0 Å². The molecule has 1 atom stereocenters. The van der Waals surface area contributed by atoms with Crippen molar-refractivity contribution in [3.8, 4) is 0 Å². The zero-order valence-corrected chi connectivity index (χ0v) is 13.0. The summed E-state index contributed by atoms with van der Waals surface area (Å²) in [5.41, 5.74) is 1.84. The first kappa shape index (κ1) is 15.0. The van der Waals surface area contributed by atoms with Gasteiger partial charge in [-0.2, -0.15) is 0 Å². The second kappa shape index (κ2) is 6.48. The van der Waals surface area contributed by atoms with E-state index in [-0.39, 0.29) is 12.5 Å². The predicted octanol–water partition coefficient (Wildman–Crippen LogP) is 1.97. The number of carbonyl (C=O) groups excluding carboxylic acids is 1. The molecule has 0 radical (unpaired) electrons. The summed E-state index contributed by atoms with van der Waals surface area (Å²) in [5.74, 6) is 0.927. The van der Waals surface area contributed by atoms with Gasteiger partial charge >= 0.3 is 0 Å². The topological polar surface area (TPSA) is 58.4 Å². The Morgan fingerprint density at radius 2 is 2.18 bits per heavy atom. The minimum Gasteiger partial charge on any atom is -0.396 e. The van der Waals surface area contributed by atoms with Gasteiger partial charge in [0.2, 0.25) is 5.91 Å². The number of likely N-dealkylation sites (tertiary alicyclic amines) is 1. The van der Waals surface area contributed by atoms with E-state index < -0.39 is 0 Å². The van der Waals surface area contributed by atoms with Gasteiger partial charge in [-0.1, -0.05) is 12.1 Å². The Morgan fingerprint density at radius 1 is 1.36 bits per heavy atom. The van der Waals surface area contributed by atoms with Gasteiger partial charge in [0.25, 0.3) is 0 Å². The highest BCUT2D eigenvalue weighted by Gasteiger charge is 2.24. The number of benzene rings is 1. The van der Waals surface area contributed by atoms with Crippen LogP contribution in [0.1, 0.15) is 32.0 Å². The lowest BCUT2D eigenvalue weighted by Gasteiger charge is -2.33. The molecule has 0 spiro atoms. The van der Waals surface area contributed by atoms with E-state index in [4.69, 9.17) is 0 Å². The zero-order valence-electron chi connectivity index (χ0n) is 13.0. The molecule has 1 aromatic carbocycles. The lowest BCUT2D eigenvalue weighted by atomic mass is 10.0. The van der Waals surface area contributed by atoms with Crippen LogP contribution < -0.4 is 0 Å². The smallest absolute Gasteiger partial charge is 0.242 e. The maximum Gasteiger partial charge on any atom is 0.242 e. The van der Waals surface area contributed by atoms with Gasteiger partial charge in [0.05, 0.1) is 17.6 Å². The van der Waals surface area contributed by atoms with E-state index in [1.807, 2.05) is 33.7 Å². The minimum absolute atomic E-state index is 0.0393. The first-order valence-electron chi connectivity index (χ1n) is 8.05. The number of aromatic nitrogens is 2. The van der Waals surface area contributed by atoms with Gasteiger partial charge in [0.15, 0.2) is 0 Å². The van der Waals surface area contributed by atoms with E-state index in [1.54, 1.807) is 0 Å². The van der Waals surface area contributed by atoms with Crippen molar-refractivity contribution in [2.24, 2.45) is 0 Å². The molecular weight excluding hydrogens is 278 g/mol. The molecule has 22 heavy (non-hydrogen) atoms. The van der Waals surface area contributed by atoms with E-state index in [0.29, 0.717) is 19.0 Å². The summed E-state index contributed by atoms with van der Waals surface area (Å²) in [6.07, 6.45) is 3.84. The minimum atomic E-state index is 0.0393. The predicted molar refractivity (Wildman–Crippen MR) is 85.5 cm³/mol. The highest BCUT2D eigenvalue weighted by Crippen LogP contribution is 2.20. The molecule has 5 nitrogen and oxygen atoms in total. The molecule has 3 rings (SSSR count). The van der Waals surface area contributed by atoms with Crippen LogP contribution in [-0.2, 0) is 17.8 Å². The van der Waals surface area contributed by atoms with Gasteiger partial charge in [-0.15, -0.1) is 0 Å². The van der Waals surface area contributed by atoms with E-state index in [1.165, 1.54) is 6.42 Å². The third kappa shape index (κ3) is 2.86. The molecule has 0 saturated carbocycles. The average Bonchev–Trinajstić information content (AvgIpc) is 2.86. The van der Waals surface area contributed by atoms with E-state index in [2.05, 4.69) is 11.9 Å².